The van der Waals surface area contributed by atoms with Gasteiger partial charge in [0.15, 0.2) is 0 Å². The third kappa shape index (κ3) is 2.15. The summed E-state index contributed by atoms with van der Waals surface area (Å²) < 4.78 is 0. The normalized spacial score (nSPS) is 16.5. The number of nitrogens with one attached hydrogen (secondary N) is 1. The van der Waals surface area contributed by atoms with Crippen molar-refractivity contribution in [3.05, 3.63) is 18.2 Å². The number of nitrogens with zero attached hydrogens (tertiary/aromatic N) is 2. The van der Waals surface area contributed by atoms with E-state index in [1.807, 2.05) is 18.2 Å². The van der Waals surface area contributed by atoms with E-state index in [0.29, 0.717) is 0 Å². The van der Waals surface area contributed by atoms with Crippen LogP contribution in [-0.4, -0.2) is 23.6 Å². The Labute approximate surface area is 107 Å². The second-order valence-corrected chi connectivity index (χ2v) is 5.37. The molecule has 0 bridgehead atoms. The molecule has 18 heavy (non-hydrogen) atoms. The average Bonchev–Trinajstić information content (AvgIpc) is 2.96. The Morgan fingerprint density at radius 3 is 2.94 bits per heavy atom. The van der Waals surface area contributed by atoms with Gasteiger partial charge in [-0.2, -0.15) is 0 Å². The molecule has 4 nitrogen and oxygen atoms in total. The number of hydrogen-bond acceptors (Lipinski definition) is 3. The number of imidazole rings is 1. The van der Waals surface area contributed by atoms with Crippen LogP contribution in [0.4, 0.5) is 11.6 Å². The Kier molecular flexibility index (Phi) is 2.86. The number of nitrogen functional groups attached to an aromatic ring is 1. The van der Waals surface area contributed by atoms with Gasteiger partial charge in [-0.25, -0.2) is 4.98 Å². The summed E-state index contributed by atoms with van der Waals surface area (Å²) >= 11 is 0. The summed E-state index contributed by atoms with van der Waals surface area (Å²) in [7, 11) is 2.11. The van der Waals surface area contributed by atoms with E-state index in [0.717, 1.165) is 35.1 Å². The predicted octanol–water partition coefficient (Wildman–Crippen LogP) is 2.77. The molecule has 1 fully saturated rings. The zero-order valence-electron chi connectivity index (χ0n) is 10.8. The average molecular weight is 244 g/mol. The van der Waals surface area contributed by atoms with Crippen LogP contribution in [0.1, 0.15) is 25.7 Å². The smallest absolute Gasteiger partial charge is 0.203 e. The van der Waals surface area contributed by atoms with Gasteiger partial charge in [0.2, 0.25) is 5.95 Å². The molecule has 1 aromatic heterocycles. The van der Waals surface area contributed by atoms with E-state index in [9.17, 15) is 0 Å². The summed E-state index contributed by atoms with van der Waals surface area (Å²) in [5, 5.41) is 0. The highest BCUT2D eigenvalue weighted by Gasteiger charge is 2.18. The van der Waals surface area contributed by atoms with Crippen LogP contribution in [0.5, 0.6) is 0 Å². The minimum Gasteiger partial charge on any atom is -0.399 e. The maximum atomic E-state index is 5.78. The van der Waals surface area contributed by atoms with E-state index in [4.69, 9.17) is 5.73 Å². The fourth-order valence-corrected chi connectivity index (χ4v) is 2.86. The van der Waals surface area contributed by atoms with Crippen LogP contribution in [0.2, 0.25) is 0 Å². The molecule has 1 aliphatic rings. The Hall–Kier alpha value is -1.71. The van der Waals surface area contributed by atoms with Crippen LogP contribution < -0.4 is 10.6 Å². The third-order valence-electron chi connectivity index (χ3n) is 3.86. The molecule has 4 heteroatoms. The van der Waals surface area contributed by atoms with Crippen LogP contribution in [0.15, 0.2) is 18.2 Å². The molecule has 0 spiro atoms. The number of aromatic amines is 1. The monoisotopic (exact) mass is 244 g/mol. The third-order valence-corrected chi connectivity index (χ3v) is 3.86. The van der Waals surface area contributed by atoms with Crippen LogP contribution in [0.3, 0.4) is 0 Å². The molecule has 1 aromatic carbocycles. The molecule has 0 radical (unpaired) electrons. The molecule has 0 aliphatic heterocycles. The van der Waals surface area contributed by atoms with Crippen molar-refractivity contribution in [2.75, 3.05) is 24.2 Å². The number of H-pyrrole nitrogens is 1. The van der Waals surface area contributed by atoms with E-state index >= 15 is 0 Å². The van der Waals surface area contributed by atoms with Gasteiger partial charge in [-0.05, 0) is 37.0 Å². The first-order valence-electron chi connectivity index (χ1n) is 6.69. The number of rotatable bonds is 3. The zero-order chi connectivity index (χ0) is 12.5. The van der Waals surface area contributed by atoms with Crippen LogP contribution in [0, 0.1) is 5.92 Å². The van der Waals surface area contributed by atoms with Crippen molar-refractivity contribution in [1.29, 1.82) is 0 Å². The first-order valence-corrected chi connectivity index (χ1v) is 6.69. The maximum Gasteiger partial charge on any atom is 0.203 e. The summed E-state index contributed by atoms with van der Waals surface area (Å²) in [5.41, 5.74) is 8.55. The lowest BCUT2D eigenvalue weighted by atomic mass is 10.1. The molecule has 1 aliphatic carbocycles. The van der Waals surface area contributed by atoms with E-state index in [-0.39, 0.29) is 0 Å². The highest BCUT2D eigenvalue weighted by atomic mass is 15.2. The van der Waals surface area contributed by atoms with Gasteiger partial charge in [0.05, 0.1) is 11.0 Å². The molecule has 1 heterocycles. The Morgan fingerprint density at radius 2 is 2.17 bits per heavy atom. The van der Waals surface area contributed by atoms with Crippen molar-refractivity contribution >= 4 is 22.7 Å². The fourth-order valence-electron chi connectivity index (χ4n) is 2.86. The molecule has 0 saturated heterocycles. The number of benzene rings is 1. The van der Waals surface area contributed by atoms with Crippen molar-refractivity contribution in [3.63, 3.8) is 0 Å². The largest absolute Gasteiger partial charge is 0.399 e. The number of aromatic nitrogens is 2. The van der Waals surface area contributed by atoms with Crippen LogP contribution >= 0.6 is 0 Å². The SMILES string of the molecule is CN(CC1CCCC1)c1nc2ccc(N)cc2[nH]1. The van der Waals surface area contributed by atoms with Crippen molar-refractivity contribution in [2.45, 2.75) is 25.7 Å². The predicted molar refractivity (Wildman–Crippen MR) is 75.7 cm³/mol. The lowest BCUT2D eigenvalue weighted by Crippen LogP contribution is -2.24. The van der Waals surface area contributed by atoms with E-state index in [1.54, 1.807) is 0 Å². The summed E-state index contributed by atoms with van der Waals surface area (Å²) in [6, 6.07) is 5.80. The first kappa shape index (κ1) is 11.4. The van der Waals surface area contributed by atoms with Gasteiger partial charge in [-0.3, -0.25) is 0 Å². The maximum absolute atomic E-state index is 5.78. The lowest BCUT2D eigenvalue weighted by Gasteiger charge is -2.19. The highest BCUT2D eigenvalue weighted by Crippen LogP contribution is 2.27. The van der Waals surface area contributed by atoms with Crippen LogP contribution in [-0.2, 0) is 0 Å². The summed E-state index contributed by atoms with van der Waals surface area (Å²) in [4.78, 5) is 10.2. The molecular weight excluding hydrogens is 224 g/mol. The molecule has 0 atom stereocenters. The van der Waals surface area contributed by atoms with E-state index < -0.39 is 0 Å². The van der Waals surface area contributed by atoms with Crippen molar-refractivity contribution in [3.8, 4) is 0 Å². The Balaban J connectivity index is 1.80. The number of hydrogen-bond donors (Lipinski definition) is 2. The van der Waals surface area contributed by atoms with Gasteiger partial charge in [-0.1, -0.05) is 12.8 Å². The zero-order valence-corrected chi connectivity index (χ0v) is 10.8. The standard InChI is InChI=1S/C14H20N4/c1-18(9-10-4-2-3-5-10)14-16-12-7-6-11(15)8-13(12)17-14/h6-8,10H,2-5,9,15H2,1H3,(H,16,17). The molecule has 0 unspecified atom stereocenters. The minimum absolute atomic E-state index is 0.774. The second kappa shape index (κ2) is 4.52. The van der Waals surface area contributed by atoms with Crippen LogP contribution in [0.25, 0.3) is 11.0 Å². The first-order chi connectivity index (χ1) is 8.72. The van der Waals surface area contributed by atoms with Gasteiger partial charge in [0.1, 0.15) is 0 Å². The molecule has 3 rings (SSSR count). The minimum atomic E-state index is 0.774. The van der Waals surface area contributed by atoms with Crippen molar-refractivity contribution in [2.24, 2.45) is 5.92 Å². The van der Waals surface area contributed by atoms with Gasteiger partial charge in [-0.15, -0.1) is 0 Å². The summed E-state index contributed by atoms with van der Waals surface area (Å²) in [5.74, 6) is 1.77. The van der Waals surface area contributed by atoms with Crippen molar-refractivity contribution in [1.82, 2.24) is 9.97 Å². The van der Waals surface area contributed by atoms with Gasteiger partial charge in [0.25, 0.3) is 0 Å². The summed E-state index contributed by atoms with van der Waals surface area (Å²) in [6.45, 7) is 1.09. The topological polar surface area (TPSA) is 57.9 Å². The molecule has 96 valence electrons. The van der Waals surface area contributed by atoms with Crippen molar-refractivity contribution < 1.29 is 0 Å². The number of anilines is 2. The molecular formula is C14H20N4. The summed E-state index contributed by atoms with van der Waals surface area (Å²) in [6.07, 6.45) is 5.49. The highest BCUT2D eigenvalue weighted by molar-refractivity contribution is 5.80. The fraction of sp³-hybridized carbons (Fsp3) is 0.500. The quantitative estimate of drug-likeness (QED) is 0.816. The Bertz CT molecular complexity index is 540. The Morgan fingerprint density at radius 1 is 1.39 bits per heavy atom. The molecule has 1 saturated carbocycles. The molecule has 2 aromatic rings. The van der Waals surface area contributed by atoms with Gasteiger partial charge < -0.3 is 15.6 Å². The molecule has 0 amide bonds. The number of fused-ring (bicyclic) bond motifs is 1. The molecule has 3 N–H and O–H groups in total. The second-order valence-electron chi connectivity index (χ2n) is 5.37. The van der Waals surface area contributed by atoms with Gasteiger partial charge >= 0.3 is 0 Å². The van der Waals surface area contributed by atoms with Gasteiger partial charge in [0, 0.05) is 19.3 Å². The lowest BCUT2D eigenvalue weighted by molar-refractivity contribution is 0.543. The van der Waals surface area contributed by atoms with E-state index in [2.05, 4.69) is 21.9 Å². The number of nitrogens with two attached hydrogens (primary N) is 1. The van der Waals surface area contributed by atoms with E-state index in [1.165, 1.54) is 25.7 Å².